The van der Waals surface area contributed by atoms with Gasteiger partial charge in [0.1, 0.15) is 0 Å². The lowest BCUT2D eigenvalue weighted by Gasteiger charge is -2.40. The van der Waals surface area contributed by atoms with Crippen LogP contribution in [0, 0.1) is 11.3 Å². The topological polar surface area (TPSA) is 29.5 Å². The van der Waals surface area contributed by atoms with Crippen LogP contribution >= 0.6 is 0 Å². The molecule has 1 aliphatic rings. The molecule has 1 rings (SSSR count). The van der Waals surface area contributed by atoms with Crippen molar-refractivity contribution >= 4 is 0 Å². The Labute approximate surface area is 100 Å². The highest BCUT2D eigenvalue weighted by molar-refractivity contribution is 4.84. The van der Waals surface area contributed by atoms with E-state index in [9.17, 15) is 5.11 Å². The average Bonchev–Trinajstić information content (AvgIpc) is 2.25. The molecule has 0 aromatic carbocycles. The lowest BCUT2D eigenvalue weighted by atomic mass is 9.70. The first-order chi connectivity index (χ1) is 7.45. The summed E-state index contributed by atoms with van der Waals surface area (Å²) >= 11 is 0. The fourth-order valence-corrected chi connectivity index (χ4v) is 2.64. The van der Waals surface area contributed by atoms with E-state index in [1.165, 1.54) is 25.7 Å². The number of ether oxygens (including phenoxy) is 1. The SMILES string of the molecule is CC[C@@H](O)COC1CCCC[C@@H]1C(C)(C)C. The van der Waals surface area contributed by atoms with Crippen LogP contribution < -0.4 is 0 Å². The molecular weight excluding hydrogens is 200 g/mol. The van der Waals surface area contributed by atoms with E-state index in [-0.39, 0.29) is 6.10 Å². The quantitative estimate of drug-likeness (QED) is 0.799. The first-order valence-corrected chi connectivity index (χ1v) is 6.74. The molecule has 0 aliphatic heterocycles. The first-order valence-electron chi connectivity index (χ1n) is 6.74. The van der Waals surface area contributed by atoms with Crippen LogP contribution in [0.1, 0.15) is 59.8 Å². The van der Waals surface area contributed by atoms with Gasteiger partial charge in [-0.25, -0.2) is 0 Å². The predicted molar refractivity (Wildman–Crippen MR) is 67.5 cm³/mol. The van der Waals surface area contributed by atoms with Gasteiger partial charge in [-0.05, 0) is 30.6 Å². The standard InChI is InChI=1S/C14H28O2/c1-5-11(15)10-16-13-9-7-6-8-12(13)14(2,3)4/h11-13,15H,5-10H2,1-4H3/t11-,12+,13?/m1/s1. The van der Waals surface area contributed by atoms with Crippen molar-refractivity contribution in [2.45, 2.75) is 72.0 Å². The van der Waals surface area contributed by atoms with E-state index in [2.05, 4.69) is 20.8 Å². The molecule has 16 heavy (non-hydrogen) atoms. The maximum absolute atomic E-state index is 9.55. The second kappa shape index (κ2) is 6.02. The van der Waals surface area contributed by atoms with Gasteiger partial charge in [0.2, 0.25) is 0 Å². The summed E-state index contributed by atoms with van der Waals surface area (Å²) in [5.41, 5.74) is 0.322. The van der Waals surface area contributed by atoms with Crippen molar-refractivity contribution in [2.75, 3.05) is 6.61 Å². The molecule has 0 radical (unpaired) electrons. The van der Waals surface area contributed by atoms with E-state index in [0.29, 0.717) is 24.0 Å². The van der Waals surface area contributed by atoms with Gasteiger partial charge >= 0.3 is 0 Å². The summed E-state index contributed by atoms with van der Waals surface area (Å²) in [6.45, 7) is 9.41. The maximum atomic E-state index is 9.55. The lowest BCUT2D eigenvalue weighted by Crippen LogP contribution is -2.38. The molecule has 0 bridgehead atoms. The Morgan fingerprint density at radius 2 is 1.88 bits per heavy atom. The molecular formula is C14H28O2. The van der Waals surface area contributed by atoms with Crippen LogP contribution in [0.4, 0.5) is 0 Å². The molecule has 2 heteroatoms. The van der Waals surface area contributed by atoms with Crippen LogP contribution in [0.2, 0.25) is 0 Å². The van der Waals surface area contributed by atoms with Crippen LogP contribution in [-0.2, 0) is 4.74 Å². The third-order valence-electron chi connectivity index (χ3n) is 3.79. The molecule has 1 unspecified atom stereocenters. The van der Waals surface area contributed by atoms with Gasteiger partial charge in [0.05, 0.1) is 18.8 Å². The molecule has 0 spiro atoms. The highest BCUT2D eigenvalue weighted by Gasteiger charge is 2.34. The molecule has 0 saturated heterocycles. The molecule has 0 amide bonds. The minimum Gasteiger partial charge on any atom is -0.391 e. The zero-order chi connectivity index (χ0) is 12.2. The van der Waals surface area contributed by atoms with E-state index in [4.69, 9.17) is 4.74 Å². The largest absolute Gasteiger partial charge is 0.391 e. The predicted octanol–water partition coefficient (Wildman–Crippen LogP) is 3.38. The van der Waals surface area contributed by atoms with Crippen molar-refractivity contribution in [1.29, 1.82) is 0 Å². The van der Waals surface area contributed by atoms with Crippen LogP contribution in [-0.4, -0.2) is 23.9 Å². The van der Waals surface area contributed by atoms with Crippen molar-refractivity contribution < 1.29 is 9.84 Å². The van der Waals surface area contributed by atoms with E-state index >= 15 is 0 Å². The van der Waals surface area contributed by atoms with Crippen molar-refractivity contribution in [3.8, 4) is 0 Å². The minimum absolute atomic E-state index is 0.289. The Balaban J connectivity index is 2.47. The van der Waals surface area contributed by atoms with Gasteiger partial charge in [0, 0.05) is 0 Å². The summed E-state index contributed by atoms with van der Waals surface area (Å²) in [6, 6.07) is 0. The average molecular weight is 228 g/mol. The number of rotatable bonds is 4. The Hall–Kier alpha value is -0.0800. The van der Waals surface area contributed by atoms with E-state index in [0.717, 1.165) is 6.42 Å². The highest BCUT2D eigenvalue weighted by Crippen LogP contribution is 2.39. The second-order valence-electron chi connectivity index (χ2n) is 6.19. The second-order valence-corrected chi connectivity index (χ2v) is 6.19. The van der Waals surface area contributed by atoms with Gasteiger partial charge < -0.3 is 9.84 Å². The van der Waals surface area contributed by atoms with Crippen LogP contribution in [0.25, 0.3) is 0 Å². The molecule has 0 aromatic rings. The monoisotopic (exact) mass is 228 g/mol. The van der Waals surface area contributed by atoms with Gasteiger partial charge in [0.25, 0.3) is 0 Å². The van der Waals surface area contributed by atoms with Gasteiger partial charge in [-0.1, -0.05) is 40.5 Å². The minimum atomic E-state index is -0.289. The molecule has 1 fully saturated rings. The zero-order valence-corrected chi connectivity index (χ0v) is 11.3. The Kier molecular flexibility index (Phi) is 5.26. The molecule has 2 nitrogen and oxygen atoms in total. The van der Waals surface area contributed by atoms with E-state index < -0.39 is 0 Å². The van der Waals surface area contributed by atoms with Crippen LogP contribution in [0.3, 0.4) is 0 Å². The number of hydrogen-bond donors (Lipinski definition) is 1. The van der Waals surface area contributed by atoms with Crippen LogP contribution in [0.15, 0.2) is 0 Å². The van der Waals surface area contributed by atoms with Gasteiger partial charge in [-0.3, -0.25) is 0 Å². The molecule has 3 atom stereocenters. The van der Waals surface area contributed by atoms with E-state index in [1.54, 1.807) is 0 Å². The van der Waals surface area contributed by atoms with Crippen molar-refractivity contribution in [2.24, 2.45) is 11.3 Å². The Morgan fingerprint density at radius 3 is 2.44 bits per heavy atom. The molecule has 0 heterocycles. The number of aliphatic hydroxyl groups is 1. The smallest absolute Gasteiger partial charge is 0.0771 e. The van der Waals surface area contributed by atoms with Gasteiger partial charge in [0.15, 0.2) is 0 Å². The Morgan fingerprint density at radius 1 is 1.25 bits per heavy atom. The van der Waals surface area contributed by atoms with Gasteiger partial charge in [-0.2, -0.15) is 0 Å². The maximum Gasteiger partial charge on any atom is 0.0771 e. The molecule has 1 saturated carbocycles. The van der Waals surface area contributed by atoms with Gasteiger partial charge in [-0.15, -0.1) is 0 Å². The van der Waals surface area contributed by atoms with Crippen molar-refractivity contribution in [3.05, 3.63) is 0 Å². The summed E-state index contributed by atoms with van der Waals surface area (Å²) in [7, 11) is 0. The number of aliphatic hydroxyl groups excluding tert-OH is 1. The zero-order valence-electron chi connectivity index (χ0n) is 11.3. The summed E-state index contributed by atoms with van der Waals surface area (Å²) in [6.07, 6.45) is 5.90. The van der Waals surface area contributed by atoms with E-state index in [1.807, 2.05) is 6.92 Å². The summed E-state index contributed by atoms with van der Waals surface area (Å²) in [5.74, 6) is 0.644. The lowest BCUT2D eigenvalue weighted by molar-refractivity contribution is -0.0756. The highest BCUT2D eigenvalue weighted by atomic mass is 16.5. The number of hydrogen-bond acceptors (Lipinski definition) is 2. The summed E-state index contributed by atoms with van der Waals surface area (Å²) in [5, 5.41) is 9.55. The molecule has 96 valence electrons. The van der Waals surface area contributed by atoms with Crippen molar-refractivity contribution in [1.82, 2.24) is 0 Å². The normalized spacial score (nSPS) is 29.1. The molecule has 1 aliphatic carbocycles. The first kappa shape index (κ1) is 14.0. The molecule has 0 aromatic heterocycles. The summed E-state index contributed by atoms with van der Waals surface area (Å²) < 4.78 is 5.92. The third kappa shape index (κ3) is 4.06. The summed E-state index contributed by atoms with van der Waals surface area (Å²) in [4.78, 5) is 0. The Bertz CT molecular complexity index is 195. The van der Waals surface area contributed by atoms with Crippen molar-refractivity contribution in [3.63, 3.8) is 0 Å². The third-order valence-corrected chi connectivity index (χ3v) is 3.79. The molecule has 1 N–H and O–H groups in total. The van der Waals surface area contributed by atoms with Crippen LogP contribution in [0.5, 0.6) is 0 Å². The fourth-order valence-electron chi connectivity index (χ4n) is 2.64. The fraction of sp³-hybridized carbons (Fsp3) is 1.00.